The topological polar surface area (TPSA) is 298 Å². The third-order valence-electron chi connectivity index (χ3n) is 12.1. The van der Waals surface area contributed by atoms with Crippen molar-refractivity contribution in [1.29, 1.82) is 0 Å². The second-order valence-corrected chi connectivity index (χ2v) is 18.1. The van der Waals surface area contributed by atoms with Crippen molar-refractivity contribution >= 4 is 0 Å². The van der Waals surface area contributed by atoms with Crippen molar-refractivity contribution in [2.24, 2.45) is 0 Å². The number of rotatable bonds is 33. The van der Waals surface area contributed by atoms with Gasteiger partial charge in [0.1, 0.15) is 73.2 Å². The van der Waals surface area contributed by atoms with Crippen molar-refractivity contribution in [3.05, 3.63) is 215 Å². The van der Waals surface area contributed by atoms with Crippen molar-refractivity contribution in [3.63, 3.8) is 0 Å². The molecule has 21 heteroatoms. The maximum absolute atomic E-state index is 10.2. The van der Waals surface area contributed by atoms with Crippen molar-refractivity contribution in [1.82, 2.24) is 0 Å². The van der Waals surface area contributed by atoms with Crippen molar-refractivity contribution in [2.45, 2.75) is 113 Å². The third kappa shape index (κ3) is 28.5. The van der Waals surface area contributed by atoms with E-state index < -0.39 is 113 Å². The first-order chi connectivity index (χ1) is 38.0. The van der Waals surface area contributed by atoms with Crippen molar-refractivity contribution in [2.75, 3.05) is 39.6 Å². The fourth-order valence-electron chi connectivity index (χ4n) is 7.77. The van der Waals surface area contributed by atoms with Gasteiger partial charge in [0.15, 0.2) is 0 Å². The summed E-state index contributed by atoms with van der Waals surface area (Å²) in [5, 5.41) is 117. The van der Waals surface area contributed by atoms with E-state index in [1.54, 1.807) is 0 Å². The van der Waals surface area contributed by atoms with E-state index in [-0.39, 0.29) is 105 Å². The Labute approximate surface area is 519 Å². The van der Waals surface area contributed by atoms with E-state index in [0.29, 0.717) is 0 Å². The van der Waals surface area contributed by atoms with Gasteiger partial charge in [-0.3, -0.25) is 0 Å². The van der Waals surface area contributed by atoms with Gasteiger partial charge in [0.25, 0.3) is 0 Å². The van der Waals surface area contributed by atoms with Crippen LogP contribution in [0.15, 0.2) is 182 Å². The summed E-state index contributed by atoms with van der Waals surface area (Å²) in [6.07, 6.45) is -13.6. The van der Waals surface area contributed by atoms with Crippen LogP contribution in [0.2, 0.25) is 0 Å². The van der Waals surface area contributed by atoms with E-state index in [4.69, 9.17) is 28.4 Å². The minimum Gasteiger partial charge on any atom is -0.394 e. The minimum atomic E-state index is -1.26. The summed E-state index contributed by atoms with van der Waals surface area (Å²) in [6.45, 7) is -2.28. The monoisotopic (exact) mass is 1230 g/mol. The maximum Gasteiger partial charge on any atom is 0.115 e. The molecule has 0 radical (unpaired) electrons. The predicted octanol–water partition coefficient (Wildman–Crippen LogP) is 2.58. The molecule has 0 saturated heterocycles. The molecule has 6 aromatic carbocycles. The molecule has 0 fully saturated rings. The first kappa shape index (κ1) is 75.8. The van der Waals surface area contributed by atoms with E-state index in [1.807, 2.05) is 182 Å². The Balaban J connectivity index is 0.000000596. The largest absolute Gasteiger partial charge is 0.394 e. The molecule has 81 heavy (non-hydrogen) atoms. The molecule has 0 aromatic heterocycles. The van der Waals surface area contributed by atoms with E-state index >= 15 is 0 Å². The molecule has 0 aliphatic rings. The Morgan fingerprint density at radius 2 is 0.321 bits per heavy atom. The van der Waals surface area contributed by atoms with Crippen LogP contribution in [0.1, 0.15) is 33.4 Å². The normalized spacial score (nSPS) is 15.4. The van der Waals surface area contributed by atoms with Crippen LogP contribution in [0.4, 0.5) is 0 Å². The van der Waals surface area contributed by atoms with Crippen molar-refractivity contribution in [3.8, 4) is 0 Å². The van der Waals surface area contributed by atoms with Gasteiger partial charge < -0.3 is 89.7 Å². The van der Waals surface area contributed by atoms with Crippen LogP contribution in [0, 0.1) is 0 Å². The molecular weight excluding hydrogens is 1150 g/mol. The first-order valence-electron chi connectivity index (χ1n) is 25.6. The minimum absolute atomic E-state index is 0. The molecule has 6 aromatic rings. The quantitative estimate of drug-likeness (QED) is 0.0264. The molecule has 0 aliphatic heterocycles. The summed E-state index contributed by atoms with van der Waals surface area (Å²) < 4.78 is 34.5. The van der Waals surface area contributed by atoms with Gasteiger partial charge >= 0.3 is 0 Å². The van der Waals surface area contributed by atoms with Crippen LogP contribution in [0.3, 0.4) is 0 Å². The number of benzene rings is 6. The van der Waals surface area contributed by atoms with E-state index in [2.05, 4.69) is 0 Å². The van der Waals surface area contributed by atoms with Gasteiger partial charge in [0.05, 0.1) is 79.3 Å². The molecule has 438 valence electrons. The van der Waals surface area contributed by atoms with E-state index in [9.17, 15) is 61.3 Å². The molecule has 0 bridgehead atoms. The molecule has 12 atom stereocenters. The summed E-state index contributed by atoms with van der Waals surface area (Å²) in [4.78, 5) is 0. The molecule has 6 rings (SSSR count). The van der Waals surface area contributed by atoms with Gasteiger partial charge in [-0.15, -0.1) is 0 Å². The molecule has 0 aliphatic carbocycles. The molecular formula is C60H78O18Ti3. The zero-order valence-corrected chi connectivity index (χ0v) is 49.7. The van der Waals surface area contributed by atoms with Crippen LogP contribution in [0.5, 0.6) is 0 Å². The molecule has 18 nitrogen and oxygen atoms in total. The average Bonchev–Trinajstić information content (AvgIpc) is 3.51. The Kier molecular flexibility index (Phi) is 42.2. The summed E-state index contributed by atoms with van der Waals surface area (Å²) in [5.74, 6) is 0. The molecule has 0 amide bonds. The molecule has 0 saturated carbocycles. The summed E-state index contributed by atoms with van der Waals surface area (Å²) in [6, 6.07) is 56.0. The molecule has 0 heterocycles. The van der Waals surface area contributed by atoms with E-state index in [0.717, 1.165) is 33.4 Å². The molecule has 0 unspecified atom stereocenters. The van der Waals surface area contributed by atoms with Crippen LogP contribution < -0.4 is 0 Å². The van der Waals surface area contributed by atoms with Gasteiger partial charge in [0, 0.05) is 65.2 Å². The summed E-state index contributed by atoms with van der Waals surface area (Å²) in [5.41, 5.74) is 5.27. The molecule has 0 spiro atoms. The number of hydrogen-bond acceptors (Lipinski definition) is 18. The zero-order valence-electron chi connectivity index (χ0n) is 45.1. The Hall–Kier alpha value is -3.26. The zero-order chi connectivity index (χ0) is 56.3. The number of aliphatic hydroxyl groups is 12. The average molecular weight is 1230 g/mol. The second-order valence-electron chi connectivity index (χ2n) is 18.1. The first-order valence-corrected chi connectivity index (χ1v) is 25.6. The third-order valence-corrected chi connectivity index (χ3v) is 12.1. The SMILES string of the molecule is OC[C@@H](O)[C@H](OCc1ccccc1)[C@@H](OCc1ccccc1)[C@H](O)CO.OC[C@@H](O)[C@H](OCc1ccccc1)[C@H](OCc1ccccc1)[C@H](O)CO.OC[C@@H](O)[C@H](OCc1ccccc1)[C@H](OCc1ccccc1)[C@H](O)CO.[Ti].[Ti].[Ti]. The van der Waals surface area contributed by atoms with E-state index in [1.165, 1.54) is 0 Å². The van der Waals surface area contributed by atoms with Gasteiger partial charge in [-0.25, -0.2) is 0 Å². The Morgan fingerprint density at radius 3 is 0.420 bits per heavy atom. The number of hydrogen-bond donors (Lipinski definition) is 12. The summed E-state index contributed by atoms with van der Waals surface area (Å²) in [7, 11) is 0. The standard InChI is InChI=1S/3C20H26O6.3Ti/c3*21-11-17(23)19(25-13-15-7-3-1-4-8-15)20(18(24)12-22)26-14-16-9-5-2-6-10-16;;;/h3*1-10,17-24H,11-14H2;;;/t17-,18-,19+,20+;2*17-,18-,19-,20+;;;/m111.../s1. The number of ether oxygens (including phenoxy) is 6. The number of aliphatic hydroxyl groups excluding tert-OH is 12. The second kappa shape index (κ2) is 45.2. The van der Waals surface area contributed by atoms with Crippen LogP contribution >= 0.6 is 0 Å². The van der Waals surface area contributed by atoms with Gasteiger partial charge in [0.2, 0.25) is 0 Å². The smallest absolute Gasteiger partial charge is 0.115 e. The molecule has 12 N–H and O–H groups in total. The summed E-state index contributed by atoms with van der Waals surface area (Å²) >= 11 is 0. The fourth-order valence-corrected chi connectivity index (χ4v) is 7.77. The van der Waals surface area contributed by atoms with Crippen LogP contribution in [0.25, 0.3) is 0 Å². The van der Waals surface area contributed by atoms with Gasteiger partial charge in [-0.05, 0) is 33.4 Å². The van der Waals surface area contributed by atoms with Crippen LogP contribution in [-0.4, -0.2) is 174 Å². The van der Waals surface area contributed by atoms with Crippen LogP contribution in [-0.2, 0) is 133 Å². The maximum atomic E-state index is 10.2. The van der Waals surface area contributed by atoms with Gasteiger partial charge in [-0.2, -0.15) is 0 Å². The Morgan fingerprint density at radius 1 is 0.210 bits per heavy atom. The van der Waals surface area contributed by atoms with Gasteiger partial charge in [-0.1, -0.05) is 182 Å². The van der Waals surface area contributed by atoms with Crippen molar-refractivity contribution < 1.29 is 155 Å². The fraction of sp³-hybridized carbons (Fsp3) is 0.400. The Bertz CT molecular complexity index is 1930. The predicted molar refractivity (Wildman–Crippen MR) is 289 cm³/mol.